The fraction of sp³-hybridized carbons (Fsp3) is 0.765. The van der Waals surface area contributed by atoms with E-state index in [1.165, 1.54) is 32.1 Å². The number of nitrogens with zero attached hydrogens (tertiary/aromatic N) is 1. The third-order valence-electron chi connectivity index (χ3n) is 6.03. The molecule has 0 saturated heterocycles. The average molecular weight is 274 g/mol. The molecule has 5 rings (SSSR count). The summed E-state index contributed by atoms with van der Waals surface area (Å²) < 4.78 is 5.65. The molecule has 4 saturated carbocycles. The summed E-state index contributed by atoms with van der Waals surface area (Å²) in [4.78, 5) is 2.56. The van der Waals surface area contributed by atoms with Crippen molar-refractivity contribution in [3.8, 4) is 0 Å². The van der Waals surface area contributed by atoms with Crippen LogP contribution in [0.5, 0.6) is 0 Å². The summed E-state index contributed by atoms with van der Waals surface area (Å²) in [6.07, 6.45) is 9.26. The van der Waals surface area contributed by atoms with Crippen LogP contribution in [0.15, 0.2) is 16.7 Å². The Balaban J connectivity index is 1.47. The van der Waals surface area contributed by atoms with Gasteiger partial charge in [0.15, 0.2) is 0 Å². The molecule has 20 heavy (non-hydrogen) atoms. The molecule has 0 amide bonds. The summed E-state index contributed by atoms with van der Waals surface area (Å²) in [7, 11) is 2.29. The van der Waals surface area contributed by atoms with Gasteiger partial charge in [-0.3, -0.25) is 4.90 Å². The molecule has 0 aliphatic heterocycles. The fourth-order valence-electron chi connectivity index (χ4n) is 5.58. The predicted molar refractivity (Wildman–Crippen MR) is 78.9 cm³/mol. The largest absolute Gasteiger partial charge is 0.468 e. The lowest BCUT2D eigenvalue weighted by Crippen LogP contribution is -2.54. The molecule has 0 atom stereocenters. The summed E-state index contributed by atoms with van der Waals surface area (Å²) >= 11 is 0. The molecule has 2 N–H and O–H groups in total. The van der Waals surface area contributed by atoms with Crippen LogP contribution in [0.2, 0.25) is 0 Å². The first-order valence-electron chi connectivity index (χ1n) is 8.19. The van der Waals surface area contributed by atoms with Crippen LogP contribution in [0.25, 0.3) is 0 Å². The van der Waals surface area contributed by atoms with E-state index in [-0.39, 0.29) is 0 Å². The van der Waals surface area contributed by atoms with E-state index in [4.69, 9.17) is 10.2 Å². The fourth-order valence-corrected chi connectivity index (χ4v) is 5.58. The first-order chi connectivity index (χ1) is 9.72. The normalized spacial score (nSPS) is 38.9. The summed E-state index contributed by atoms with van der Waals surface area (Å²) in [5.41, 5.74) is 6.77. The van der Waals surface area contributed by atoms with Crippen molar-refractivity contribution in [3.63, 3.8) is 0 Å². The molecule has 4 aliphatic carbocycles. The van der Waals surface area contributed by atoms with Crippen molar-refractivity contribution in [1.82, 2.24) is 4.90 Å². The monoisotopic (exact) mass is 274 g/mol. The van der Waals surface area contributed by atoms with Crippen LogP contribution < -0.4 is 5.73 Å². The number of nitrogens with two attached hydrogens (primary N) is 1. The highest BCUT2D eigenvalue weighted by molar-refractivity contribution is 5.12. The van der Waals surface area contributed by atoms with Crippen LogP contribution >= 0.6 is 0 Å². The van der Waals surface area contributed by atoms with Gasteiger partial charge in [-0.05, 0) is 68.9 Å². The van der Waals surface area contributed by atoms with E-state index >= 15 is 0 Å². The lowest BCUT2D eigenvalue weighted by molar-refractivity contribution is -0.0611. The van der Waals surface area contributed by atoms with Gasteiger partial charge in [0, 0.05) is 18.2 Å². The average Bonchev–Trinajstić information content (AvgIpc) is 2.85. The number of rotatable bonds is 4. The summed E-state index contributed by atoms with van der Waals surface area (Å²) in [6, 6.07) is 2.90. The van der Waals surface area contributed by atoms with Crippen molar-refractivity contribution >= 4 is 0 Å². The third-order valence-corrected chi connectivity index (χ3v) is 6.03. The molecule has 4 bridgehead atoms. The molecule has 0 spiro atoms. The smallest absolute Gasteiger partial charge is 0.118 e. The van der Waals surface area contributed by atoms with Crippen LogP contribution in [0, 0.1) is 23.7 Å². The summed E-state index contributed by atoms with van der Waals surface area (Å²) in [5.74, 6) is 5.06. The van der Waals surface area contributed by atoms with Gasteiger partial charge in [-0.25, -0.2) is 0 Å². The molecule has 1 aromatic heterocycles. The Labute approximate surface area is 121 Å². The van der Waals surface area contributed by atoms with Crippen LogP contribution in [-0.2, 0) is 13.1 Å². The Morgan fingerprint density at radius 2 is 1.80 bits per heavy atom. The molecule has 0 unspecified atom stereocenters. The zero-order chi connectivity index (χ0) is 13.7. The first kappa shape index (κ1) is 12.9. The Hall–Kier alpha value is -0.800. The molecule has 4 aliphatic rings. The van der Waals surface area contributed by atoms with Crippen molar-refractivity contribution < 1.29 is 4.42 Å². The van der Waals surface area contributed by atoms with Gasteiger partial charge in [0.2, 0.25) is 0 Å². The second-order valence-electron chi connectivity index (χ2n) is 7.46. The van der Waals surface area contributed by atoms with Gasteiger partial charge in [-0.1, -0.05) is 0 Å². The molecule has 4 fully saturated rings. The lowest BCUT2D eigenvalue weighted by Gasteiger charge is -2.56. The van der Waals surface area contributed by atoms with Crippen LogP contribution in [-0.4, -0.2) is 18.0 Å². The highest BCUT2D eigenvalue weighted by Gasteiger charge is 2.49. The Morgan fingerprint density at radius 1 is 1.15 bits per heavy atom. The second-order valence-corrected chi connectivity index (χ2v) is 7.46. The van der Waals surface area contributed by atoms with E-state index in [2.05, 4.69) is 18.0 Å². The van der Waals surface area contributed by atoms with Gasteiger partial charge in [-0.15, -0.1) is 0 Å². The molecule has 3 nitrogen and oxygen atoms in total. The van der Waals surface area contributed by atoms with Gasteiger partial charge in [0.05, 0.1) is 12.8 Å². The van der Waals surface area contributed by atoms with Gasteiger partial charge in [0.25, 0.3) is 0 Å². The molecule has 0 radical (unpaired) electrons. The minimum atomic E-state index is 0.575. The van der Waals surface area contributed by atoms with E-state index in [1.807, 2.05) is 0 Å². The van der Waals surface area contributed by atoms with Crippen molar-refractivity contribution in [3.05, 3.63) is 23.7 Å². The maximum absolute atomic E-state index is 5.66. The lowest BCUT2D eigenvalue weighted by atomic mass is 9.54. The van der Waals surface area contributed by atoms with E-state index in [0.717, 1.165) is 47.6 Å². The minimum Gasteiger partial charge on any atom is -0.468 e. The highest BCUT2D eigenvalue weighted by atomic mass is 16.3. The van der Waals surface area contributed by atoms with E-state index < -0.39 is 0 Å². The molecular formula is C17H26N2O. The number of hydrogen-bond donors (Lipinski definition) is 1. The Kier molecular flexibility index (Phi) is 3.15. The van der Waals surface area contributed by atoms with Gasteiger partial charge in [0.1, 0.15) is 5.76 Å². The third kappa shape index (κ3) is 2.11. The summed E-state index contributed by atoms with van der Waals surface area (Å²) in [6.45, 7) is 1.51. The molecule has 1 heterocycles. The predicted octanol–water partition coefficient (Wildman–Crippen LogP) is 2.99. The van der Waals surface area contributed by atoms with Crippen LogP contribution in [0.3, 0.4) is 0 Å². The minimum absolute atomic E-state index is 0.575. The molecule has 1 aromatic rings. The Morgan fingerprint density at radius 3 is 2.35 bits per heavy atom. The van der Waals surface area contributed by atoms with Gasteiger partial charge < -0.3 is 10.2 Å². The molecule has 110 valence electrons. The van der Waals surface area contributed by atoms with Crippen LogP contribution in [0.1, 0.15) is 43.4 Å². The maximum atomic E-state index is 5.66. The molecular weight excluding hydrogens is 248 g/mol. The first-order valence-corrected chi connectivity index (χ1v) is 8.19. The van der Waals surface area contributed by atoms with Crippen molar-refractivity contribution in [2.45, 2.75) is 51.2 Å². The SMILES string of the molecule is CN(Cc1cc(CN)co1)C1C2CC3CC(C2)CC1C3. The van der Waals surface area contributed by atoms with Crippen LogP contribution in [0.4, 0.5) is 0 Å². The van der Waals surface area contributed by atoms with Crippen molar-refractivity contribution in [2.24, 2.45) is 29.4 Å². The zero-order valence-corrected chi connectivity index (χ0v) is 12.4. The number of hydrogen-bond acceptors (Lipinski definition) is 3. The highest BCUT2D eigenvalue weighted by Crippen LogP contribution is 2.55. The summed E-state index contributed by atoms with van der Waals surface area (Å²) in [5, 5.41) is 0. The molecule has 0 aromatic carbocycles. The van der Waals surface area contributed by atoms with E-state index in [9.17, 15) is 0 Å². The zero-order valence-electron chi connectivity index (χ0n) is 12.4. The van der Waals surface area contributed by atoms with Gasteiger partial charge >= 0.3 is 0 Å². The van der Waals surface area contributed by atoms with E-state index in [0.29, 0.717) is 6.54 Å². The standard InChI is InChI=1S/C17H26N2O/c1-19(9-16-7-13(8-18)10-20-16)17-14-3-11-2-12(5-14)6-15(17)4-11/h7,10-12,14-15,17H,2-6,8-9,18H2,1H3. The van der Waals surface area contributed by atoms with Crippen molar-refractivity contribution in [2.75, 3.05) is 7.05 Å². The Bertz CT molecular complexity index is 453. The second kappa shape index (κ2) is 4.88. The van der Waals surface area contributed by atoms with E-state index in [1.54, 1.807) is 6.26 Å². The maximum Gasteiger partial charge on any atom is 0.118 e. The topological polar surface area (TPSA) is 42.4 Å². The number of furan rings is 1. The van der Waals surface area contributed by atoms with Crippen molar-refractivity contribution in [1.29, 1.82) is 0 Å². The quantitative estimate of drug-likeness (QED) is 0.918. The van der Waals surface area contributed by atoms with Gasteiger partial charge in [-0.2, -0.15) is 0 Å². The molecule has 3 heteroatoms.